The molecule has 6 nitrogen and oxygen atoms in total. The van der Waals surface area contributed by atoms with Crippen LogP contribution >= 0.6 is 0 Å². The number of amides is 1. The average molecular weight is 444 g/mol. The molecule has 0 aliphatic carbocycles. The number of likely N-dealkylation sites (tertiary alicyclic amines) is 1. The molecule has 2 aliphatic rings. The Balaban J connectivity index is 1.47. The van der Waals surface area contributed by atoms with Crippen LogP contribution < -0.4 is 4.74 Å². The van der Waals surface area contributed by atoms with Gasteiger partial charge in [0, 0.05) is 31.5 Å². The highest BCUT2D eigenvalue weighted by Crippen LogP contribution is 2.41. The highest BCUT2D eigenvalue weighted by atomic mass is 16.5. The van der Waals surface area contributed by atoms with Crippen molar-refractivity contribution < 1.29 is 14.3 Å². The quantitative estimate of drug-likeness (QED) is 0.578. The van der Waals surface area contributed by atoms with Crippen molar-refractivity contribution in [1.82, 2.24) is 14.9 Å². The number of methoxy groups -OCH3 is 1. The zero-order valence-electron chi connectivity index (χ0n) is 18.9. The van der Waals surface area contributed by atoms with Crippen molar-refractivity contribution in [3.63, 3.8) is 0 Å². The summed E-state index contributed by atoms with van der Waals surface area (Å²) in [5.74, 6) is 1.61. The summed E-state index contributed by atoms with van der Waals surface area (Å²) in [5.41, 5.74) is 2.34. The Hall–Kier alpha value is -3.25. The van der Waals surface area contributed by atoms with E-state index in [1.807, 2.05) is 48.5 Å². The van der Waals surface area contributed by atoms with Gasteiger partial charge in [-0.15, -0.1) is 0 Å². The molecule has 0 spiro atoms. The zero-order valence-corrected chi connectivity index (χ0v) is 18.9. The fraction of sp³-hybridized carbons (Fsp3) is 0.370. The van der Waals surface area contributed by atoms with Gasteiger partial charge < -0.3 is 14.4 Å². The lowest BCUT2D eigenvalue weighted by atomic mass is 9.73. The number of ether oxygens (including phenoxy) is 2. The zero-order chi connectivity index (χ0) is 22.7. The fourth-order valence-electron chi connectivity index (χ4n) is 5.15. The smallest absolute Gasteiger partial charge is 0.233 e. The van der Waals surface area contributed by atoms with Gasteiger partial charge in [-0.25, -0.2) is 9.97 Å². The van der Waals surface area contributed by atoms with Gasteiger partial charge >= 0.3 is 0 Å². The van der Waals surface area contributed by atoms with Gasteiger partial charge in [0.2, 0.25) is 5.91 Å². The standard InChI is InChI=1S/C27H29N3O3/c1-32-22-10-5-7-20(19-22)25-28-15-12-23(29-25)24-11-6-16-30(24)26(31)27(13-17-33-18-14-27)21-8-3-2-4-9-21/h2-5,7-10,12,15,19,24H,6,11,13-14,16-18H2,1H3. The van der Waals surface area contributed by atoms with Crippen LogP contribution in [0.25, 0.3) is 11.4 Å². The van der Waals surface area contributed by atoms with Crippen LogP contribution in [0.15, 0.2) is 66.9 Å². The van der Waals surface area contributed by atoms with E-state index in [1.165, 1.54) is 0 Å². The van der Waals surface area contributed by atoms with Gasteiger partial charge in [-0.2, -0.15) is 0 Å². The second-order valence-electron chi connectivity index (χ2n) is 8.75. The minimum absolute atomic E-state index is 0.0479. The van der Waals surface area contributed by atoms with Crippen molar-refractivity contribution in [3.05, 3.63) is 78.1 Å². The van der Waals surface area contributed by atoms with Gasteiger partial charge in [-0.05, 0) is 49.4 Å². The second kappa shape index (κ2) is 9.32. The largest absolute Gasteiger partial charge is 0.497 e. The van der Waals surface area contributed by atoms with Crippen LogP contribution in [0.3, 0.4) is 0 Å². The van der Waals surface area contributed by atoms with Crippen LogP contribution in [0.1, 0.15) is 43.0 Å². The van der Waals surface area contributed by atoms with E-state index in [0.717, 1.165) is 42.0 Å². The Kier molecular flexibility index (Phi) is 6.09. The number of hydrogen-bond acceptors (Lipinski definition) is 5. The molecule has 2 saturated heterocycles. The van der Waals surface area contributed by atoms with Gasteiger partial charge in [-0.1, -0.05) is 42.5 Å². The van der Waals surface area contributed by atoms with Crippen LogP contribution in [-0.2, 0) is 14.9 Å². The molecule has 1 unspecified atom stereocenters. The first-order valence-electron chi connectivity index (χ1n) is 11.6. The first-order chi connectivity index (χ1) is 16.2. The normalized spacial score (nSPS) is 19.9. The summed E-state index contributed by atoms with van der Waals surface area (Å²) in [4.78, 5) is 25.6. The molecule has 2 aromatic carbocycles. The summed E-state index contributed by atoms with van der Waals surface area (Å²) >= 11 is 0. The molecule has 3 heterocycles. The third-order valence-corrected chi connectivity index (χ3v) is 6.94. The molecule has 5 rings (SSSR count). The number of nitrogens with zero attached hydrogens (tertiary/aromatic N) is 3. The van der Waals surface area contributed by atoms with Crippen molar-refractivity contribution in [1.29, 1.82) is 0 Å². The van der Waals surface area contributed by atoms with Crippen LogP contribution in [0.2, 0.25) is 0 Å². The molecule has 2 fully saturated rings. The summed E-state index contributed by atoms with van der Waals surface area (Å²) in [6, 6.07) is 19.9. The van der Waals surface area contributed by atoms with E-state index in [1.54, 1.807) is 13.3 Å². The summed E-state index contributed by atoms with van der Waals surface area (Å²) in [6.45, 7) is 1.96. The Morgan fingerprint density at radius 2 is 1.91 bits per heavy atom. The highest BCUT2D eigenvalue weighted by Gasteiger charge is 2.47. The molecule has 33 heavy (non-hydrogen) atoms. The second-order valence-corrected chi connectivity index (χ2v) is 8.75. The SMILES string of the molecule is COc1cccc(-c2nccc(C3CCCN3C(=O)C3(c4ccccc4)CCOCC3)n2)c1. The first-order valence-corrected chi connectivity index (χ1v) is 11.6. The molecule has 170 valence electrons. The number of hydrogen-bond donors (Lipinski definition) is 0. The van der Waals surface area contributed by atoms with E-state index in [0.29, 0.717) is 31.9 Å². The van der Waals surface area contributed by atoms with Crippen molar-refractivity contribution in [2.75, 3.05) is 26.9 Å². The van der Waals surface area contributed by atoms with Crippen molar-refractivity contribution in [2.45, 2.75) is 37.1 Å². The summed E-state index contributed by atoms with van der Waals surface area (Å²) in [7, 11) is 1.65. The maximum absolute atomic E-state index is 14.2. The molecule has 1 atom stereocenters. The van der Waals surface area contributed by atoms with E-state index in [-0.39, 0.29) is 11.9 Å². The van der Waals surface area contributed by atoms with Gasteiger partial charge in [0.25, 0.3) is 0 Å². The molecular weight excluding hydrogens is 414 g/mol. The van der Waals surface area contributed by atoms with Gasteiger partial charge in [0.15, 0.2) is 5.82 Å². The molecule has 0 N–H and O–H groups in total. The monoisotopic (exact) mass is 443 g/mol. The Morgan fingerprint density at radius 1 is 1.09 bits per heavy atom. The summed E-state index contributed by atoms with van der Waals surface area (Å²) in [5, 5.41) is 0. The molecule has 6 heteroatoms. The van der Waals surface area contributed by atoms with E-state index in [4.69, 9.17) is 14.5 Å². The lowest BCUT2D eigenvalue weighted by Gasteiger charge is -2.40. The predicted molar refractivity (Wildman–Crippen MR) is 126 cm³/mol. The summed E-state index contributed by atoms with van der Waals surface area (Å²) < 4.78 is 11.0. The molecule has 2 aliphatic heterocycles. The van der Waals surface area contributed by atoms with E-state index in [2.05, 4.69) is 22.0 Å². The Bertz CT molecular complexity index is 1110. The van der Waals surface area contributed by atoms with Crippen molar-refractivity contribution in [2.24, 2.45) is 0 Å². The van der Waals surface area contributed by atoms with Gasteiger partial charge in [0.1, 0.15) is 5.75 Å². The van der Waals surface area contributed by atoms with Gasteiger partial charge in [-0.3, -0.25) is 4.79 Å². The summed E-state index contributed by atoms with van der Waals surface area (Å²) in [6.07, 6.45) is 5.08. The Morgan fingerprint density at radius 3 is 2.70 bits per heavy atom. The molecule has 0 bridgehead atoms. The van der Waals surface area contributed by atoms with E-state index >= 15 is 0 Å². The van der Waals surface area contributed by atoms with Crippen LogP contribution in [0, 0.1) is 0 Å². The Labute approximate surface area is 194 Å². The minimum Gasteiger partial charge on any atom is -0.497 e. The maximum atomic E-state index is 14.2. The highest BCUT2D eigenvalue weighted by molar-refractivity contribution is 5.89. The molecule has 0 saturated carbocycles. The van der Waals surface area contributed by atoms with Gasteiger partial charge in [0.05, 0.1) is 24.3 Å². The molecule has 0 radical (unpaired) electrons. The average Bonchev–Trinajstić information content (AvgIpc) is 3.39. The topological polar surface area (TPSA) is 64.5 Å². The van der Waals surface area contributed by atoms with Crippen LogP contribution in [-0.4, -0.2) is 47.6 Å². The molecular formula is C27H29N3O3. The maximum Gasteiger partial charge on any atom is 0.233 e. The third-order valence-electron chi connectivity index (χ3n) is 6.94. The first kappa shape index (κ1) is 21.6. The lowest BCUT2D eigenvalue weighted by molar-refractivity contribution is -0.142. The number of benzene rings is 2. The van der Waals surface area contributed by atoms with Crippen LogP contribution in [0.5, 0.6) is 5.75 Å². The number of carbonyl (C=O) groups is 1. The van der Waals surface area contributed by atoms with Crippen LogP contribution in [0.4, 0.5) is 0 Å². The molecule has 1 aromatic heterocycles. The fourth-order valence-corrected chi connectivity index (χ4v) is 5.15. The number of aromatic nitrogens is 2. The van der Waals surface area contributed by atoms with Crippen molar-refractivity contribution >= 4 is 5.91 Å². The van der Waals surface area contributed by atoms with E-state index < -0.39 is 5.41 Å². The van der Waals surface area contributed by atoms with Crippen molar-refractivity contribution in [3.8, 4) is 17.1 Å². The molecule has 3 aromatic rings. The molecule has 1 amide bonds. The number of carbonyl (C=O) groups excluding carboxylic acids is 1. The van der Waals surface area contributed by atoms with E-state index in [9.17, 15) is 4.79 Å². The third kappa shape index (κ3) is 4.11. The minimum atomic E-state index is -0.537. The predicted octanol–water partition coefficient (Wildman–Crippen LogP) is 4.56. The number of rotatable bonds is 5. The lowest BCUT2D eigenvalue weighted by Crippen LogP contribution is -2.49.